The summed E-state index contributed by atoms with van der Waals surface area (Å²) in [5.74, 6) is 2.37. The Bertz CT molecular complexity index is 229. The smallest absolute Gasteiger partial charge is 0.135 e. The molecule has 0 aromatic carbocycles. The quantitative estimate of drug-likeness (QED) is 0.733. The highest BCUT2D eigenvalue weighted by molar-refractivity contribution is 5.79. The first-order valence-electron chi connectivity index (χ1n) is 6.98. The molecule has 0 N–H and O–H groups in total. The molecule has 2 fully saturated rings. The SMILES string of the molecule is CC1CCCC(CCN2CCC(=O)CC2)C1. The number of carbonyl (C=O) groups excluding carboxylic acids is 1. The summed E-state index contributed by atoms with van der Waals surface area (Å²) in [6, 6.07) is 0. The van der Waals surface area contributed by atoms with Gasteiger partial charge in [0.15, 0.2) is 0 Å². The zero-order valence-electron chi connectivity index (χ0n) is 10.6. The molecule has 2 atom stereocenters. The van der Waals surface area contributed by atoms with Crippen molar-refractivity contribution in [3.8, 4) is 0 Å². The largest absolute Gasteiger partial charge is 0.302 e. The first-order valence-corrected chi connectivity index (χ1v) is 6.98. The summed E-state index contributed by atoms with van der Waals surface area (Å²) >= 11 is 0. The minimum absolute atomic E-state index is 0.461. The van der Waals surface area contributed by atoms with Crippen LogP contribution < -0.4 is 0 Å². The van der Waals surface area contributed by atoms with Crippen LogP contribution in [0.5, 0.6) is 0 Å². The molecule has 2 rings (SSSR count). The lowest BCUT2D eigenvalue weighted by Gasteiger charge is -2.30. The van der Waals surface area contributed by atoms with Crippen molar-refractivity contribution in [2.45, 2.75) is 51.9 Å². The summed E-state index contributed by atoms with van der Waals surface area (Å²) in [5, 5.41) is 0. The molecule has 0 bridgehead atoms. The maximum Gasteiger partial charge on any atom is 0.135 e. The number of hydrogen-bond acceptors (Lipinski definition) is 2. The number of nitrogens with zero attached hydrogens (tertiary/aromatic N) is 1. The van der Waals surface area contributed by atoms with Gasteiger partial charge in [-0.25, -0.2) is 0 Å². The van der Waals surface area contributed by atoms with Crippen LogP contribution in [0.1, 0.15) is 51.9 Å². The summed E-state index contributed by atoms with van der Waals surface area (Å²) in [6.45, 7) is 5.65. The molecule has 1 aliphatic carbocycles. The summed E-state index contributed by atoms with van der Waals surface area (Å²) in [6.07, 6.45) is 8.70. The molecule has 1 saturated carbocycles. The molecular weight excluding hydrogens is 198 g/mol. The highest BCUT2D eigenvalue weighted by Crippen LogP contribution is 2.30. The van der Waals surface area contributed by atoms with Crippen molar-refractivity contribution in [3.63, 3.8) is 0 Å². The van der Waals surface area contributed by atoms with E-state index in [0.29, 0.717) is 5.78 Å². The number of hydrogen-bond donors (Lipinski definition) is 0. The maximum atomic E-state index is 11.1. The highest BCUT2D eigenvalue weighted by Gasteiger charge is 2.21. The van der Waals surface area contributed by atoms with Crippen LogP contribution in [0.2, 0.25) is 0 Å². The van der Waals surface area contributed by atoms with E-state index in [1.165, 1.54) is 38.6 Å². The fourth-order valence-corrected chi connectivity index (χ4v) is 3.21. The van der Waals surface area contributed by atoms with Crippen molar-refractivity contribution in [1.29, 1.82) is 0 Å². The Hall–Kier alpha value is -0.370. The lowest BCUT2D eigenvalue weighted by Crippen LogP contribution is -2.35. The fraction of sp³-hybridized carbons (Fsp3) is 0.929. The summed E-state index contributed by atoms with van der Waals surface area (Å²) < 4.78 is 0. The first kappa shape index (κ1) is 12.1. The van der Waals surface area contributed by atoms with Crippen molar-refractivity contribution in [3.05, 3.63) is 0 Å². The Labute approximate surface area is 99.4 Å². The lowest BCUT2D eigenvalue weighted by molar-refractivity contribution is -0.121. The highest BCUT2D eigenvalue weighted by atomic mass is 16.1. The van der Waals surface area contributed by atoms with Crippen molar-refractivity contribution < 1.29 is 4.79 Å². The number of Topliss-reactive ketones (excluding diaryl/α,β-unsaturated/α-hetero) is 1. The van der Waals surface area contributed by atoms with Crippen LogP contribution in [-0.2, 0) is 4.79 Å². The molecule has 2 heteroatoms. The Morgan fingerprint density at radius 2 is 2.00 bits per heavy atom. The predicted octanol–water partition coefficient (Wildman–Crippen LogP) is 2.87. The van der Waals surface area contributed by atoms with Gasteiger partial charge in [-0.05, 0) is 31.2 Å². The Morgan fingerprint density at radius 3 is 2.69 bits per heavy atom. The summed E-state index contributed by atoms with van der Waals surface area (Å²) in [4.78, 5) is 13.6. The lowest BCUT2D eigenvalue weighted by atomic mass is 9.81. The Morgan fingerprint density at radius 1 is 1.25 bits per heavy atom. The zero-order valence-corrected chi connectivity index (χ0v) is 10.6. The van der Waals surface area contributed by atoms with Gasteiger partial charge >= 0.3 is 0 Å². The molecule has 2 nitrogen and oxygen atoms in total. The molecule has 0 aromatic rings. The second-order valence-corrected chi connectivity index (χ2v) is 5.81. The van der Waals surface area contributed by atoms with E-state index >= 15 is 0 Å². The molecule has 0 spiro atoms. The summed E-state index contributed by atoms with van der Waals surface area (Å²) in [5.41, 5.74) is 0. The van der Waals surface area contributed by atoms with Crippen molar-refractivity contribution in [2.75, 3.05) is 19.6 Å². The third-order valence-electron chi connectivity index (χ3n) is 4.31. The average Bonchev–Trinajstić information content (AvgIpc) is 2.28. The molecule has 1 aliphatic heterocycles. The molecule has 0 radical (unpaired) electrons. The number of piperidine rings is 1. The molecule has 1 heterocycles. The van der Waals surface area contributed by atoms with Crippen LogP contribution in [0.4, 0.5) is 0 Å². The van der Waals surface area contributed by atoms with E-state index in [9.17, 15) is 4.79 Å². The Kier molecular flexibility index (Phi) is 4.39. The van der Waals surface area contributed by atoms with E-state index in [0.717, 1.165) is 37.8 Å². The molecular formula is C14H25NO. The van der Waals surface area contributed by atoms with Crippen LogP contribution in [0, 0.1) is 11.8 Å². The normalized spacial score (nSPS) is 32.9. The molecule has 0 aromatic heterocycles. The monoisotopic (exact) mass is 223 g/mol. The Balaban J connectivity index is 1.65. The predicted molar refractivity (Wildman–Crippen MR) is 66.4 cm³/mol. The van der Waals surface area contributed by atoms with Gasteiger partial charge < -0.3 is 4.90 Å². The topological polar surface area (TPSA) is 20.3 Å². The number of carbonyl (C=O) groups is 1. The third kappa shape index (κ3) is 3.58. The number of ketones is 1. The second-order valence-electron chi connectivity index (χ2n) is 5.81. The van der Waals surface area contributed by atoms with E-state index in [-0.39, 0.29) is 0 Å². The molecule has 92 valence electrons. The second kappa shape index (κ2) is 5.81. The van der Waals surface area contributed by atoms with Gasteiger partial charge in [0.1, 0.15) is 5.78 Å². The van der Waals surface area contributed by atoms with Gasteiger partial charge in [-0.3, -0.25) is 4.79 Å². The zero-order chi connectivity index (χ0) is 11.4. The average molecular weight is 223 g/mol. The molecule has 0 amide bonds. The van der Waals surface area contributed by atoms with Crippen LogP contribution in [-0.4, -0.2) is 30.3 Å². The van der Waals surface area contributed by atoms with Gasteiger partial charge in [-0.2, -0.15) is 0 Å². The van der Waals surface area contributed by atoms with Crippen LogP contribution in [0.3, 0.4) is 0 Å². The van der Waals surface area contributed by atoms with Crippen LogP contribution in [0.25, 0.3) is 0 Å². The van der Waals surface area contributed by atoms with E-state index in [2.05, 4.69) is 11.8 Å². The summed E-state index contributed by atoms with van der Waals surface area (Å²) in [7, 11) is 0. The number of likely N-dealkylation sites (tertiary alicyclic amines) is 1. The third-order valence-corrected chi connectivity index (χ3v) is 4.31. The van der Waals surface area contributed by atoms with E-state index in [1.54, 1.807) is 0 Å². The minimum atomic E-state index is 0.461. The molecule has 16 heavy (non-hydrogen) atoms. The standard InChI is InChI=1S/C14H25NO/c1-12-3-2-4-13(11-12)5-8-15-9-6-14(16)7-10-15/h12-13H,2-11H2,1H3. The number of rotatable bonds is 3. The van der Waals surface area contributed by atoms with Gasteiger partial charge in [-0.1, -0.05) is 26.2 Å². The van der Waals surface area contributed by atoms with Crippen LogP contribution >= 0.6 is 0 Å². The van der Waals surface area contributed by atoms with Crippen molar-refractivity contribution in [2.24, 2.45) is 11.8 Å². The van der Waals surface area contributed by atoms with Gasteiger partial charge in [0.2, 0.25) is 0 Å². The van der Waals surface area contributed by atoms with Gasteiger partial charge in [-0.15, -0.1) is 0 Å². The first-order chi connectivity index (χ1) is 7.74. The molecule has 2 aliphatic rings. The van der Waals surface area contributed by atoms with Gasteiger partial charge in [0.05, 0.1) is 0 Å². The van der Waals surface area contributed by atoms with Crippen LogP contribution in [0.15, 0.2) is 0 Å². The molecule has 2 unspecified atom stereocenters. The van der Waals surface area contributed by atoms with Gasteiger partial charge in [0.25, 0.3) is 0 Å². The van der Waals surface area contributed by atoms with E-state index in [4.69, 9.17) is 0 Å². The minimum Gasteiger partial charge on any atom is -0.302 e. The fourth-order valence-electron chi connectivity index (χ4n) is 3.21. The maximum absolute atomic E-state index is 11.1. The van der Waals surface area contributed by atoms with Gasteiger partial charge in [0, 0.05) is 25.9 Å². The molecule has 1 saturated heterocycles. The van der Waals surface area contributed by atoms with E-state index < -0.39 is 0 Å². The van der Waals surface area contributed by atoms with Crippen molar-refractivity contribution in [1.82, 2.24) is 4.90 Å². The van der Waals surface area contributed by atoms with E-state index in [1.807, 2.05) is 0 Å². The van der Waals surface area contributed by atoms with Crippen molar-refractivity contribution >= 4 is 5.78 Å².